The van der Waals surface area contributed by atoms with E-state index in [0.29, 0.717) is 41.3 Å². The number of nitrogen functional groups attached to an aromatic ring is 1. The Bertz CT molecular complexity index is 1770. The zero-order chi connectivity index (χ0) is 24.7. The summed E-state index contributed by atoms with van der Waals surface area (Å²) in [4.78, 5) is 16.7. The number of nitriles is 2. The lowest BCUT2D eigenvalue weighted by molar-refractivity contribution is 0.597. The lowest BCUT2D eigenvalue weighted by Gasteiger charge is -2.08. The van der Waals surface area contributed by atoms with Crippen molar-refractivity contribution in [2.24, 2.45) is 5.14 Å². The summed E-state index contributed by atoms with van der Waals surface area (Å²) in [5.74, 6) is 0.784. The van der Waals surface area contributed by atoms with Gasteiger partial charge in [-0.25, -0.2) is 28.5 Å². The number of aromatic amines is 1. The van der Waals surface area contributed by atoms with Gasteiger partial charge >= 0.3 is 0 Å². The summed E-state index contributed by atoms with van der Waals surface area (Å²) in [5.41, 5.74) is 9.90. The Morgan fingerprint density at radius 3 is 2.31 bits per heavy atom. The van der Waals surface area contributed by atoms with Crippen molar-refractivity contribution in [1.29, 1.82) is 10.5 Å². The van der Waals surface area contributed by atoms with E-state index in [1.54, 1.807) is 16.7 Å². The van der Waals surface area contributed by atoms with Crippen molar-refractivity contribution in [2.75, 3.05) is 5.73 Å². The van der Waals surface area contributed by atoms with Crippen molar-refractivity contribution in [3.05, 3.63) is 65.5 Å². The first-order chi connectivity index (χ1) is 16.8. The molecule has 5 rings (SSSR count). The van der Waals surface area contributed by atoms with Crippen molar-refractivity contribution in [1.82, 2.24) is 24.5 Å². The van der Waals surface area contributed by atoms with E-state index in [1.165, 1.54) is 12.1 Å². The number of H-pyrrole nitrogens is 1. The minimum atomic E-state index is -3.79. The van der Waals surface area contributed by atoms with E-state index in [0.717, 1.165) is 16.6 Å². The molecule has 0 aliphatic heterocycles. The van der Waals surface area contributed by atoms with E-state index in [1.807, 2.05) is 36.4 Å². The van der Waals surface area contributed by atoms with Crippen molar-refractivity contribution >= 4 is 38.0 Å². The minimum Gasteiger partial charge on any atom is -0.384 e. The third-order valence-corrected chi connectivity index (χ3v) is 6.56. The minimum absolute atomic E-state index is 0.0212. The molecule has 0 amide bonds. The molecule has 0 atom stereocenters. The normalized spacial score (nSPS) is 11.5. The van der Waals surface area contributed by atoms with Crippen molar-refractivity contribution in [3.8, 4) is 23.5 Å². The molecule has 5 N–H and O–H groups in total. The van der Waals surface area contributed by atoms with E-state index in [-0.39, 0.29) is 16.3 Å². The molecule has 35 heavy (non-hydrogen) atoms. The first-order valence-electron chi connectivity index (χ1n) is 10.4. The van der Waals surface area contributed by atoms with Crippen LogP contribution in [0.25, 0.3) is 33.6 Å². The van der Waals surface area contributed by atoms with Gasteiger partial charge in [-0.15, -0.1) is 0 Å². The Labute approximate surface area is 199 Å². The highest BCUT2D eigenvalue weighted by atomic mass is 32.2. The molecule has 0 saturated heterocycles. The number of nitrogens with zero attached hydrogens (tertiary/aromatic N) is 6. The van der Waals surface area contributed by atoms with Crippen LogP contribution in [0.4, 0.5) is 5.82 Å². The Hall–Kier alpha value is -4.78. The van der Waals surface area contributed by atoms with Gasteiger partial charge in [-0.1, -0.05) is 24.3 Å². The summed E-state index contributed by atoms with van der Waals surface area (Å²) >= 11 is 0. The number of benzene rings is 2. The number of para-hydroxylation sites is 2. The number of fused-ring (bicyclic) bond motifs is 2. The highest BCUT2D eigenvalue weighted by Crippen LogP contribution is 2.35. The summed E-state index contributed by atoms with van der Waals surface area (Å²) < 4.78 is 24.7. The van der Waals surface area contributed by atoms with Crippen molar-refractivity contribution in [2.45, 2.75) is 17.9 Å². The molecule has 0 aliphatic rings. The zero-order valence-corrected chi connectivity index (χ0v) is 18.9. The number of nitrogens with two attached hydrogens (primary N) is 2. The molecule has 0 radical (unpaired) electrons. The van der Waals surface area contributed by atoms with Gasteiger partial charge in [0.15, 0.2) is 17.0 Å². The van der Waals surface area contributed by atoms with Crippen LogP contribution in [0.15, 0.2) is 53.4 Å². The molecule has 0 aliphatic carbocycles. The van der Waals surface area contributed by atoms with Gasteiger partial charge in [0.1, 0.15) is 29.3 Å². The Kier molecular flexibility index (Phi) is 5.17. The first kappa shape index (κ1) is 22.0. The number of imidazole rings is 1. The third-order valence-electron chi connectivity index (χ3n) is 5.63. The third kappa shape index (κ3) is 3.83. The molecule has 12 heteroatoms. The monoisotopic (exact) mass is 483 g/mol. The fraction of sp³-hybridized carbons (Fsp3) is 0.0870. The molecule has 0 saturated carbocycles. The summed E-state index contributed by atoms with van der Waals surface area (Å²) in [5, 5.41) is 24.1. The standard InChI is InChI=1S/C23H17N9O2S/c24-11-17-18(12-25)31-23-20(28-17)19(22-29-15-3-1-2-4-16(15)30-22)21(26)32(23)10-9-13-5-7-14(8-6-13)35(27,33)34/h1-8H,9-10,26H2,(H,29,30)(H2,27,33,34). The number of hydrogen-bond donors (Lipinski definition) is 3. The molecule has 0 spiro atoms. The lowest BCUT2D eigenvalue weighted by Crippen LogP contribution is -2.12. The Balaban J connectivity index is 1.63. The largest absolute Gasteiger partial charge is 0.384 e. The van der Waals surface area contributed by atoms with Crippen molar-refractivity contribution in [3.63, 3.8) is 0 Å². The van der Waals surface area contributed by atoms with Gasteiger partial charge in [-0.3, -0.25) is 0 Å². The smallest absolute Gasteiger partial charge is 0.238 e. The molecular formula is C23H17N9O2S. The summed E-state index contributed by atoms with van der Waals surface area (Å²) in [7, 11) is -3.79. The van der Waals surface area contributed by atoms with Crippen LogP contribution in [0.2, 0.25) is 0 Å². The molecule has 172 valence electrons. The Morgan fingerprint density at radius 1 is 0.971 bits per heavy atom. The maximum Gasteiger partial charge on any atom is 0.238 e. The summed E-state index contributed by atoms with van der Waals surface area (Å²) in [6.45, 7) is 0.350. The highest BCUT2D eigenvalue weighted by molar-refractivity contribution is 7.89. The fourth-order valence-corrected chi connectivity index (χ4v) is 4.44. The number of primary sulfonamides is 1. The van der Waals surface area contributed by atoms with E-state index >= 15 is 0 Å². The summed E-state index contributed by atoms with van der Waals surface area (Å²) in [6.07, 6.45) is 0.474. The van der Waals surface area contributed by atoms with E-state index in [4.69, 9.17) is 10.9 Å². The molecule has 0 unspecified atom stereocenters. The van der Waals surface area contributed by atoms with Gasteiger partial charge in [0.25, 0.3) is 0 Å². The van der Waals surface area contributed by atoms with Gasteiger partial charge in [0.2, 0.25) is 10.0 Å². The maximum atomic E-state index is 11.5. The van der Waals surface area contributed by atoms with Crippen molar-refractivity contribution < 1.29 is 8.42 Å². The average Bonchev–Trinajstić information content (AvgIpc) is 3.38. The molecule has 11 nitrogen and oxygen atoms in total. The number of rotatable bonds is 5. The number of anilines is 1. The molecule has 0 bridgehead atoms. The van der Waals surface area contributed by atoms with Crippen LogP contribution in [0.5, 0.6) is 0 Å². The van der Waals surface area contributed by atoms with Gasteiger partial charge in [0.05, 0.1) is 21.5 Å². The number of nitrogens with one attached hydrogen (secondary N) is 1. The predicted octanol–water partition coefficient (Wildman–Crippen LogP) is 2.19. The second kappa shape index (κ2) is 8.22. The molecule has 3 heterocycles. The molecule has 3 aromatic heterocycles. The second-order valence-corrected chi connectivity index (χ2v) is 9.33. The van der Waals surface area contributed by atoms with Crippen LogP contribution in [0, 0.1) is 22.7 Å². The quantitative estimate of drug-likeness (QED) is 0.338. The van der Waals surface area contributed by atoms with Crippen LogP contribution < -0.4 is 10.9 Å². The van der Waals surface area contributed by atoms with Crippen LogP contribution in [0.1, 0.15) is 17.0 Å². The molecular weight excluding hydrogens is 466 g/mol. The van der Waals surface area contributed by atoms with E-state index < -0.39 is 10.0 Å². The van der Waals surface area contributed by atoms with Crippen LogP contribution in [0.3, 0.4) is 0 Å². The lowest BCUT2D eigenvalue weighted by atomic mass is 10.1. The SMILES string of the molecule is N#Cc1nc2c(-c3nc4ccccc4[nH]3)c(N)n(CCc3ccc(S(N)(=O)=O)cc3)c2nc1C#N. The zero-order valence-electron chi connectivity index (χ0n) is 18.1. The number of aromatic nitrogens is 5. The molecule has 2 aromatic carbocycles. The number of hydrogen-bond acceptors (Lipinski definition) is 8. The highest BCUT2D eigenvalue weighted by Gasteiger charge is 2.24. The Morgan fingerprint density at radius 2 is 1.66 bits per heavy atom. The summed E-state index contributed by atoms with van der Waals surface area (Å²) in [6, 6.07) is 17.5. The fourth-order valence-electron chi connectivity index (χ4n) is 3.93. The average molecular weight is 484 g/mol. The van der Waals surface area contributed by atoms with Gasteiger partial charge in [-0.05, 0) is 36.2 Å². The second-order valence-electron chi connectivity index (χ2n) is 7.77. The van der Waals surface area contributed by atoms with Crippen LogP contribution in [-0.4, -0.2) is 32.9 Å². The van der Waals surface area contributed by atoms with Gasteiger partial charge in [-0.2, -0.15) is 10.5 Å². The maximum absolute atomic E-state index is 11.5. The van der Waals surface area contributed by atoms with Crippen LogP contribution in [-0.2, 0) is 23.0 Å². The molecule has 0 fully saturated rings. The first-order valence-corrected chi connectivity index (χ1v) is 11.9. The van der Waals surface area contributed by atoms with Crippen LogP contribution >= 0.6 is 0 Å². The topological polar surface area (TPSA) is 193 Å². The molecule has 5 aromatic rings. The van der Waals surface area contributed by atoms with Gasteiger partial charge in [0, 0.05) is 6.54 Å². The van der Waals surface area contributed by atoms with E-state index in [2.05, 4.69) is 19.9 Å². The van der Waals surface area contributed by atoms with Gasteiger partial charge < -0.3 is 15.3 Å². The predicted molar refractivity (Wildman–Crippen MR) is 128 cm³/mol. The number of aryl methyl sites for hydroxylation is 2. The van der Waals surface area contributed by atoms with E-state index in [9.17, 15) is 18.9 Å². The number of sulfonamides is 1.